The van der Waals surface area contributed by atoms with Crippen molar-refractivity contribution in [2.45, 2.75) is 6.92 Å². The second-order valence-corrected chi connectivity index (χ2v) is 4.95. The smallest absolute Gasteiger partial charge is 0.323 e. The van der Waals surface area contributed by atoms with Crippen LogP contribution in [0.1, 0.15) is 5.56 Å². The molecule has 0 bridgehead atoms. The third-order valence-corrected chi connectivity index (χ3v) is 3.36. The monoisotopic (exact) mass is 281 g/mol. The highest BCUT2D eigenvalue weighted by molar-refractivity contribution is 5.90. The van der Waals surface area contributed by atoms with Crippen LogP contribution in [0.15, 0.2) is 35.1 Å². The highest BCUT2D eigenvalue weighted by Crippen LogP contribution is 2.23. The molecule has 0 spiro atoms. The van der Waals surface area contributed by atoms with Crippen LogP contribution < -0.4 is 5.69 Å². The average molecular weight is 281 g/mol. The lowest BCUT2D eigenvalue weighted by atomic mass is 10.2. The zero-order valence-corrected chi connectivity index (χ0v) is 11.1. The van der Waals surface area contributed by atoms with Gasteiger partial charge >= 0.3 is 5.69 Å². The summed E-state index contributed by atoms with van der Waals surface area (Å²) in [4.78, 5) is 18.0. The molecule has 0 amide bonds. The quantitative estimate of drug-likeness (QED) is 0.493. The highest BCUT2D eigenvalue weighted by Gasteiger charge is 2.11. The average Bonchev–Trinajstić information content (AvgIpc) is 2.99. The number of aromatic amines is 2. The first-order valence-corrected chi connectivity index (χ1v) is 6.39. The van der Waals surface area contributed by atoms with Crippen molar-refractivity contribution in [1.82, 2.24) is 25.0 Å². The predicted octanol–water partition coefficient (Wildman–Crippen LogP) is 1.60. The third-order valence-electron chi connectivity index (χ3n) is 3.36. The maximum Gasteiger partial charge on any atom is 0.323 e. The second kappa shape index (κ2) is 3.95. The normalized spacial score (nSPS) is 11.5. The van der Waals surface area contributed by atoms with Crippen molar-refractivity contribution in [1.29, 1.82) is 0 Å². The van der Waals surface area contributed by atoms with Crippen LogP contribution in [0.25, 0.3) is 27.8 Å². The molecule has 0 aliphatic carbocycles. The lowest BCUT2D eigenvalue weighted by Crippen LogP contribution is -1.99. The highest BCUT2D eigenvalue weighted by atomic mass is 16.3. The van der Waals surface area contributed by atoms with Gasteiger partial charge in [-0.05, 0) is 36.8 Å². The number of benzene rings is 2. The van der Waals surface area contributed by atoms with Crippen LogP contribution in [0.2, 0.25) is 0 Å². The van der Waals surface area contributed by atoms with E-state index in [1.807, 2.05) is 19.1 Å². The van der Waals surface area contributed by atoms with E-state index in [-0.39, 0.29) is 11.4 Å². The van der Waals surface area contributed by atoms with Crippen LogP contribution >= 0.6 is 0 Å². The number of hydrogen-bond donors (Lipinski definition) is 3. The summed E-state index contributed by atoms with van der Waals surface area (Å²) < 4.78 is 0. The van der Waals surface area contributed by atoms with E-state index in [2.05, 4.69) is 20.2 Å². The lowest BCUT2D eigenvalue weighted by molar-refractivity contribution is 0.467. The van der Waals surface area contributed by atoms with Crippen molar-refractivity contribution >= 4 is 22.1 Å². The lowest BCUT2D eigenvalue weighted by Gasteiger charge is -2.03. The summed E-state index contributed by atoms with van der Waals surface area (Å²) in [5.74, 6) is 0.111. The topological polar surface area (TPSA) is 99.6 Å². The largest absolute Gasteiger partial charge is 0.506 e. The molecule has 2 heterocycles. The molecule has 0 aliphatic heterocycles. The molecule has 21 heavy (non-hydrogen) atoms. The number of H-pyrrole nitrogens is 2. The first-order chi connectivity index (χ1) is 10.1. The van der Waals surface area contributed by atoms with Crippen molar-refractivity contribution in [3.63, 3.8) is 0 Å². The number of phenolic OH excluding ortho intramolecular Hbond substituents is 1. The van der Waals surface area contributed by atoms with E-state index in [0.29, 0.717) is 27.8 Å². The van der Waals surface area contributed by atoms with E-state index in [1.165, 1.54) is 4.80 Å². The first-order valence-electron chi connectivity index (χ1n) is 6.39. The van der Waals surface area contributed by atoms with E-state index >= 15 is 0 Å². The van der Waals surface area contributed by atoms with E-state index in [0.717, 1.165) is 5.56 Å². The molecule has 104 valence electrons. The van der Waals surface area contributed by atoms with Crippen molar-refractivity contribution in [3.05, 3.63) is 46.4 Å². The first kappa shape index (κ1) is 11.7. The van der Waals surface area contributed by atoms with Gasteiger partial charge in [-0.25, -0.2) is 4.79 Å². The Morgan fingerprint density at radius 1 is 1.05 bits per heavy atom. The fraction of sp³-hybridized carbons (Fsp3) is 0.0714. The fourth-order valence-electron chi connectivity index (χ4n) is 2.35. The standard InChI is InChI=1S/C14H11N5O2/c1-7-2-3-13(20)12(4-7)19-17-10-5-8-9(6-11(10)18-19)16-14(21)15-8/h2-6,20H,1H3,(H2,15,16,21). The molecule has 0 aliphatic rings. The molecule has 2 aromatic carbocycles. The summed E-state index contributed by atoms with van der Waals surface area (Å²) in [6, 6.07) is 8.73. The maximum atomic E-state index is 11.3. The summed E-state index contributed by atoms with van der Waals surface area (Å²) in [7, 11) is 0. The minimum absolute atomic E-state index is 0.111. The molecule has 0 saturated carbocycles. The molecule has 7 heteroatoms. The minimum Gasteiger partial charge on any atom is -0.506 e. The molecular formula is C14H11N5O2. The number of aryl methyl sites for hydroxylation is 1. The Bertz CT molecular complexity index is 987. The van der Waals surface area contributed by atoms with Crippen molar-refractivity contribution in [3.8, 4) is 11.4 Å². The summed E-state index contributed by atoms with van der Waals surface area (Å²) in [5, 5.41) is 18.7. The Morgan fingerprint density at radius 2 is 1.67 bits per heavy atom. The molecule has 4 rings (SSSR count). The molecule has 3 N–H and O–H groups in total. The second-order valence-electron chi connectivity index (χ2n) is 4.95. The van der Waals surface area contributed by atoms with Crippen LogP contribution in [-0.4, -0.2) is 30.1 Å². The molecular weight excluding hydrogens is 270 g/mol. The van der Waals surface area contributed by atoms with Crippen LogP contribution in [0, 0.1) is 6.92 Å². The number of aromatic nitrogens is 5. The predicted molar refractivity (Wildman–Crippen MR) is 77.7 cm³/mol. The van der Waals surface area contributed by atoms with Gasteiger partial charge in [0, 0.05) is 0 Å². The SMILES string of the molecule is Cc1ccc(O)c(-n2nc3cc4[nH]c(=O)[nH]c4cc3n2)c1. The van der Waals surface area contributed by atoms with E-state index < -0.39 is 0 Å². The molecule has 0 radical (unpaired) electrons. The van der Waals surface area contributed by atoms with Gasteiger partial charge in [0.2, 0.25) is 0 Å². The summed E-state index contributed by atoms with van der Waals surface area (Å²) in [6.07, 6.45) is 0. The van der Waals surface area contributed by atoms with Gasteiger partial charge in [0.15, 0.2) is 0 Å². The number of hydrogen-bond acceptors (Lipinski definition) is 4. The van der Waals surface area contributed by atoms with Gasteiger partial charge in [0.25, 0.3) is 0 Å². The Balaban J connectivity index is 1.98. The number of fused-ring (bicyclic) bond motifs is 2. The van der Waals surface area contributed by atoms with Gasteiger partial charge < -0.3 is 15.1 Å². The number of aromatic hydroxyl groups is 1. The van der Waals surface area contributed by atoms with Crippen LogP contribution in [0.4, 0.5) is 0 Å². The van der Waals surface area contributed by atoms with E-state index in [1.54, 1.807) is 18.2 Å². The Hall–Kier alpha value is -3.09. The van der Waals surface area contributed by atoms with E-state index in [9.17, 15) is 9.90 Å². The fourth-order valence-corrected chi connectivity index (χ4v) is 2.35. The summed E-state index contributed by atoms with van der Waals surface area (Å²) >= 11 is 0. The minimum atomic E-state index is -0.262. The van der Waals surface area contributed by atoms with Crippen molar-refractivity contribution in [2.24, 2.45) is 0 Å². The molecule has 4 aromatic rings. The van der Waals surface area contributed by atoms with Crippen molar-refractivity contribution in [2.75, 3.05) is 0 Å². The van der Waals surface area contributed by atoms with Gasteiger partial charge in [-0.15, -0.1) is 15.0 Å². The molecule has 0 atom stereocenters. The van der Waals surface area contributed by atoms with Gasteiger partial charge in [0.1, 0.15) is 22.5 Å². The molecule has 2 aromatic heterocycles. The van der Waals surface area contributed by atoms with Crippen molar-refractivity contribution < 1.29 is 5.11 Å². The number of nitrogens with zero attached hydrogens (tertiary/aromatic N) is 3. The molecule has 0 fully saturated rings. The van der Waals surface area contributed by atoms with Gasteiger partial charge in [-0.3, -0.25) is 0 Å². The number of phenols is 1. The molecule has 0 saturated heterocycles. The maximum absolute atomic E-state index is 11.3. The number of imidazole rings is 1. The number of nitrogens with one attached hydrogen (secondary N) is 2. The Kier molecular flexibility index (Phi) is 2.20. The van der Waals surface area contributed by atoms with Crippen LogP contribution in [0.3, 0.4) is 0 Å². The van der Waals surface area contributed by atoms with Crippen LogP contribution in [-0.2, 0) is 0 Å². The van der Waals surface area contributed by atoms with Crippen LogP contribution in [0.5, 0.6) is 5.75 Å². The summed E-state index contributed by atoms with van der Waals surface area (Å²) in [5.41, 5.74) is 3.88. The zero-order chi connectivity index (χ0) is 14.6. The Labute approximate surface area is 117 Å². The molecule has 0 unspecified atom stereocenters. The summed E-state index contributed by atoms with van der Waals surface area (Å²) in [6.45, 7) is 1.93. The third kappa shape index (κ3) is 1.78. The number of rotatable bonds is 1. The van der Waals surface area contributed by atoms with E-state index in [4.69, 9.17) is 0 Å². The Morgan fingerprint density at radius 3 is 2.29 bits per heavy atom. The van der Waals surface area contributed by atoms with Gasteiger partial charge in [0.05, 0.1) is 11.0 Å². The van der Waals surface area contributed by atoms with Gasteiger partial charge in [-0.1, -0.05) is 6.07 Å². The zero-order valence-electron chi connectivity index (χ0n) is 11.1. The van der Waals surface area contributed by atoms with Gasteiger partial charge in [-0.2, -0.15) is 0 Å². The molecule has 7 nitrogen and oxygen atoms in total.